The van der Waals surface area contributed by atoms with E-state index >= 15 is 0 Å². The zero-order valence-corrected chi connectivity index (χ0v) is 9.37. The highest BCUT2D eigenvalue weighted by Gasteiger charge is 2.35. The molecule has 1 rings (SSSR count). The second kappa shape index (κ2) is 5.21. The first-order chi connectivity index (χ1) is 6.84. The van der Waals surface area contributed by atoms with E-state index < -0.39 is 16.9 Å². The van der Waals surface area contributed by atoms with Crippen LogP contribution in [0.4, 0.5) is 18.9 Å². The first kappa shape index (κ1) is 14.0. The second-order valence-electron chi connectivity index (χ2n) is 2.50. The Bertz CT molecular complexity index is 337. The second-order valence-corrected chi connectivity index (χ2v) is 2.88. The monoisotopic (exact) mass is 240 g/mol. The average Bonchev–Trinajstić information content (AvgIpc) is 2.15. The van der Waals surface area contributed by atoms with Crippen LogP contribution in [0.2, 0.25) is 5.02 Å². The molecule has 0 unspecified atom stereocenters. The van der Waals surface area contributed by atoms with Crippen LogP contribution in [0.15, 0.2) is 6.20 Å². The van der Waals surface area contributed by atoms with Crippen molar-refractivity contribution in [2.75, 3.05) is 5.73 Å². The number of hydrogen-bond donors (Lipinski definition) is 1. The summed E-state index contributed by atoms with van der Waals surface area (Å²) in [7, 11) is 0. The highest BCUT2D eigenvalue weighted by molar-refractivity contribution is 6.32. The molecule has 0 radical (unpaired) electrons. The van der Waals surface area contributed by atoms with E-state index in [2.05, 4.69) is 4.98 Å². The van der Waals surface area contributed by atoms with Gasteiger partial charge in [-0.2, -0.15) is 13.2 Å². The molecule has 2 N–H and O–H groups in total. The maximum absolute atomic E-state index is 12.2. The van der Waals surface area contributed by atoms with E-state index in [0.29, 0.717) is 0 Å². The number of pyridine rings is 1. The summed E-state index contributed by atoms with van der Waals surface area (Å²) < 4.78 is 36.5. The Hall–Kier alpha value is -0.970. The summed E-state index contributed by atoms with van der Waals surface area (Å²) in [5.74, 6) is 0. The lowest BCUT2D eigenvalue weighted by atomic mass is 10.2. The molecule has 0 amide bonds. The molecule has 0 bridgehead atoms. The van der Waals surface area contributed by atoms with E-state index in [-0.39, 0.29) is 11.3 Å². The van der Waals surface area contributed by atoms with Crippen LogP contribution in [0.5, 0.6) is 0 Å². The Balaban J connectivity index is 0.000000921. The standard InChI is InChI=1S/C7H6ClF3N2.C2H6/c1-3-4(12)2-13-6(5(3)8)7(9,10)11;1-2/h2H,12H2,1H3;1-2H3. The molecule has 6 heteroatoms. The van der Waals surface area contributed by atoms with Crippen molar-refractivity contribution in [3.8, 4) is 0 Å². The predicted octanol–water partition coefficient (Wildman–Crippen LogP) is 3.67. The van der Waals surface area contributed by atoms with Crippen LogP contribution in [0.25, 0.3) is 0 Å². The number of anilines is 1. The molecule has 0 atom stereocenters. The lowest BCUT2D eigenvalue weighted by Gasteiger charge is -2.10. The van der Waals surface area contributed by atoms with Crippen molar-refractivity contribution in [3.05, 3.63) is 22.5 Å². The molecule has 0 saturated carbocycles. The fourth-order valence-corrected chi connectivity index (χ4v) is 1.05. The van der Waals surface area contributed by atoms with Crippen molar-refractivity contribution in [2.45, 2.75) is 26.9 Å². The minimum atomic E-state index is -4.53. The maximum atomic E-state index is 12.2. The van der Waals surface area contributed by atoms with Gasteiger partial charge in [-0.1, -0.05) is 25.4 Å². The zero-order valence-electron chi connectivity index (χ0n) is 8.61. The van der Waals surface area contributed by atoms with Crippen molar-refractivity contribution in [2.24, 2.45) is 0 Å². The number of hydrogen-bond acceptors (Lipinski definition) is 2. The number of nitrogen functional groups attached to an aromatic ring is 1. The number of rotatable bonds is 0. The first-order valence-electron chi connectivity index (χ1n) is 4.32. The molecular formula is C9H12ClF3N2. The third kappa shape index (κ3) is 3.27. The molecule has 0 fully saturated rings. The van der Waals surface area contributed by atoms with Crippen molar-refractivity contribution >= 4 is 17.3 Å². The molecule has 0 spiro atoms. The topological polar surface area (TPSA) is 38.9 Å². The van der Waals surface area contributed by atoms with Crippen LogP contribution in [-0.2, 0) is 6.18 Å². The maximum Gasteiger partial charge on any atom is 0.434 e. The fourth-order valence-electron chi connectivity index (χ4n) is 0.790. The molecule has 1 heterocycles. The van der Waals surface area contributed by atoms with Crippen LogP contribution in [-0.4, -0.2) is 4.98 Å². The minimum Gasteiger partial charge on any atom is -0.397 e. The van der Waals surface area contributed by atoms with Gasteiger partial charge in [0.15, 0.2) is 5.69 Å². The molecule has 0 aromatic carbocycles. The highest BCUT2D eigenvalue weighted by atomic mass is 35.5. The van der Waals surface area contributed by atoms with E-state index in [0.717, 1.165) is 6.20 Å². The number of nitrogens with two attached hydrogens (primary N) is 1. The highest BCUT2D eigenvalue weighted by Crippen LogP contribution is 2.35. The van der Waals surface area contributed by atoms with Gasteiger partial charge in [-0.05, 0) is 12.5 Å². The smallest absolute Gasteiger partial charge is 0.397 e. The number of nitrogens with zero attached hydrogens (tertiary/aromatic N) is 1. The molecule has 2 nitrogen and oxygen atoms in total. The lowest BCUT2D eigenvalue weighted by Crippen LogP contribution is -2.10. The number of aromatic nitrogens is 1. The van der Waals surface area contributed by atoms with Gasteiger partial charge in [0.05, 0.1) is 16.9 Å². The normalized spacial score (nSPS) is 10.6. The van der Waals surface area contributed by atoms with Gasteiger partial charge in [-0.15, -0.1) is 0 Å². The molecule has 86 valence electrons. The molecular weight excluding hydrogens is 229 g/mol. The van der Waals surface area contributed by atoms with Gasteiger partial charge >= 0.3 is 6.18 Å². The van der Waals surface area contributed by atoms with E-state index in [1.165, 1.54) is 6.92 Å². The van der Waals surface area contributed by atoms with Gasteiger partial charge in [-0.3, -0.25) is 0 Å². The van der Waals surface area contributed by atoms with Crippen LogP contribution in [0, 0.1) is 6.92 Å². The Morgan fingerprint density at radius 1 is 1.33 bits per heavy atom. The van der Waals surface area contributed by atoms with Gasteiger partial charge in [0.1, 0.15) is 0 Å². The third-order valence-electron chi connectivity index (χ3n) is 1.57. The van der Waals surface area contributed by atoms with E-state index in [9.17, 15) is 13.2 Å². The Kier molecular flexibility index (Phi) is 4.87. The van der Waals surface area contributed by atoms with Crippen molar-refractivity contribution in [3.63, 3.8) is 0 Å². The lowest BCUT2D eigenvalue weighted by molar-refractivity contribution is -0.141. The largest absolute Gasteiger partial charge is 0.434 e. The molecule has 15 heavy (non-hydrogen) atoms. The van der Waals surface area contributed by atoms with Gasteiger partial charge in [-0.25, -0.2) is 4.98 Å². The zero-order chi connectivity index (χ0) is 12.2. The number of alkyl halides is 3. The molecule has 0 aliphatic heterocycles. The summed E-state index contributed by atoms with van der Waals surface area (Å²) >= 11 is 5.42. The molecule has 0 aliphatic rings. The van der Waals surface area contributed by atoms with Crippen LogP contribution in [0.1, 0.15) is 25.1 Å². The van der Waals surface area contributed by atoms with Crippen molar-refractivity contribution in [1.82, 2.24) is 4.98 Å². The molecule has 1 aromatic rings. The third-order valence-corrected chi connectivity index (χ3v) is 2.03. The minimum absolute atomic E-state index is 0.151. The van der Waals surface area contributed by atoms with Crippen molar-refractivity contribution in [1.29, 1.82) is 0 Å². The fraction of sp³-hybridized carbons (Fsp3) is 0.444. The van der Waals surface area contributed by atoms with Crippen LogP contribution < -0.4 is 5.73 Å². The summed E-state index contributed by atoms with van der Waals surface area (Å²) in [6, 6.07) is 0. The predicted molar refractivity (Wildman–Crippen MR) is 54.7 cm³/mol. The van der Waals surface area contributed by atoms with Gasteiger partial charge in [0.2, 0.25) is 0 Å². The van der Waals surface area contributed by atoms with Crippen LogP contribution >= 0.6 is 11.6 Å². The van der Waals surface area contributed by atoms with Gasteiger partial charge in [0, 0.05) is 0 Å². The van der Waals surface area contributed by atoms with E-state index in [4.69, 9.17) is 17.3 Å². The first-order valence-corrected chi connectivity index (χ1v) is 4.69. The summed E-state index contributed by atoms with van der Waals surface area (Å²) in [5, 5.41) is -0.437. The average molecular weight is 241 g/mol. The summed E-state index contributed by atoms with van der Waals surface area (Å²) in [5.41, 5.74) is 4.57. The van der Waals surface area contributed by atoms with E-state index in [1.54, 1.807) is 0 Å². The van der Waals surface area contributed by atoms with Gasteiger partial charge < -0.3 is 5.73 Å². The van der Waals surface area contributed by atoms with Crippen LogP contribution in [0.3, 0.4) is 0 Å². The SMILES string of the molecule is CC.Cc1c(N)cnc(C(F)(F)F)c1Cl. The number of halogens is 4. The Morgan fingerprint density at radius 3 is 2.20 bits per heavy atom. The molecule has 0 saturated heterocycles. The summed E-state index contributed by atoms with van der Waals surface area (Å²) in [4.78, 5) is 3.13. The summed E-state index contributed by atoms with van der Waals surface area (Å²) in [6.45, 7) is 5.41. The van der Waals surface area contributed by atoms with E-state index in [1.807, 2.05) is 13.8 Å². The Labute approximate surface area is 91.3 Å². The Morgan fingerprint density at radius 2 is 1.80 bits per heavy atom. The molecule has 0 aliphatic carbocycles. The molecule has 1 aromatic heterocycles. The van der Waals surface area contributed by atoms with Gasteiger partial charge in [0.25, 0.3) is 0 Å². The van der Waals surface area contributed by atoms with Crippen molar-refractivity contribution < 1.29 is 13.2 Å². The summed E-state index contributed by atoms with van der Waals surface area (Å²) in [6.07, 6.45) is -3.58. The quantitative estimate of drug-likeness (QED) is 0.751.